The number of piperidine rings is 1. The van der Waals surface area contributed by atoms with Crippen molar-refractivity contribution in [3.05, 3.63) is 0 Å². The first-order valence-electron chi connectivity index (χ1n) is 6.95. The van der Waals surface area contributed by atoms with Crippen LogP contribution in [-0.4, -0.2) is 42.6 Å². The van der Waals surface area contributed by atoms with Crippen LogP contribution in [0.4, 0.5) is 0 Å². The summed E-state index contributed by atoms with van der Waals surface area (Å²) in [7, 11) is 0. The molecule has 98 valence electrons. The second-order valence-electron chi connectivity index (χ2n) is 5.71. The van der Waals surface area contributed by atoms with Crippen molar-refractivity contribution in [1.82, 2.24) is 10.2 Å². The molecule has 4 nitrogen and oxygen atoms in total. The zero-order valence-electron chi connectivity index (χ0n) is 11.2. The molecule has 1 saturated heterocycles. The van der Waals surface area contributed by atoms with Crippen molar-refractivity contribution in [2.45, 2.75) is 51.6 Å². The Morgan fingerprint density at radius 1 is 1.35 bits per heavy atom. The van der Waals surface area contributed by atoms with Crippen molar-refractivity contribution in [2.24, 2.45) is 16.6 Å². The second-order valence-corrected chi connectivity index (χ2v) is 5.71. The zero-order valence-corrected chi connectivity index (χ0v) is 11.2. The van der Waals surface area contributed by atoms with Crippen LogP contribution in [0.5, 0.6) is 0 Å². The SMILES string of the molecule is CC1CCN(C(C)CN=C(N)NC2CC2)CC1. The van der Waals surface area contributed by atoms with Crippen molar-refractivity contribution >= 4 is 5.96 Å². The van der Waals surface area contributed by atoms with Crippen molar-refractivity contribution < 1.29 is 0 Å². The maximum Gasteiger partial charge on any atom is 0.188 e. The number of hydrogen-bond donors (Lipinski definition) is 2. The second kappa shape index (κ2) is 5.71. The lowest BCUT2D eigenvalue weighted by Gasteiger charge is -2.34. The number of hydrogen-bond acceptors (Lipinski definition) is 2. The number of nitrogens with zero attached hydrogens (tertiary/aromatic N) is 2. The van der Waals surface area contributed by atoms with Gasteiger partial charge in [0.1, 0.15) is 0 Å². The maximum absolute atomic E-state index is 5.83. The van der Waals surface area contributed by atoms with Crippen LogP contribution in [0.2, 0.25) is 0 Å². The Balaban J connectivity index is 1.70. The highest BCUT2D eigenvalue weighted by molar-refractivity contribution is 5.78. The Bertz CT molecular complexity index is 265. The number of likely N-dealkylation sites (tertiary alicyclic amines) is 1. The van der Waals surface area contributed by atoms with E-state index in [1.165, 1.54) is 38.8 Å². The minimum absolute atomic E-state index is 0.516. The molecule has 0 spiro atoms. The summed E-state index contributed by atoms with van der Waals surface area (Å²) < 4.78 is 0. The van der Waals surface area contributed by atoms with Gasteiger partial charge in [-0.05, 0) is 51.6 Å². The zero-order chi connectivity index (χ0) is 12.3. The van der Waals surface area contributed by atoms with Gasteiger partial charge in [0.15, 0.2) is 5.96 Å². The number of nitrogens with one attached hydrogen (secondary N) is 1. The van der Waals surface area contributed by atoms with E-state index in [0.29, 0.717) is 18.0 Å². The molecule has 1 unspecified atom stereocenters. The monoisotopic (exact) mass is 238 g/mol. The molecular formula is C13H26N4. The molecule has 0 aromatic heterocycles. The van der Waals surface area contributed by atoms with E-state index in [2.05, 4.69) is 29.1 Å². The molecule has 3 N–H and O–H groups in total. The molecule has 1 aliphatic carbocycles. The van der Waals surface area contributed by atoms with Crippen molar-refractivity contribution in [1.29, 1.82) is 0 Å². The Morgan fingerprint density at radius 3 is 2.59 bits per heavy atom. The summed E-state index contributed by atoms with van der Waals surface area (Å²) in [5.41, 5.74) is 5.83. The van der Waals surface area contributed by atoms with Crippen molar-refractivity contribution in [3.63, 3.8) is 0 Å². The normalized spacial score (nSPS) is 25.9. The molecule has 1 heterocycles. The third kappa shape index (κ3) is 4.19. The van der Waals surface area contributed by atoms with Crippen LogP contribution < -0.4 is 11.1 Å². The lowest BCUT2D eigenvalue weighted by Crippen LogP contribution is -2.42. The molecule has 1 aliphatic heterocycles. The summed E-state index contributed by atoms with van der Waals surface area (Å²) in [6, 6.07) is 1.12. The van der Waals surface area contributed by atoms with Crippen LogP contribution in [0.3, 0.4) is 0 Å². The fourth-order valence-corrected chi connectivity index (χ4v) is 2.30. The summed E-state index contributed by atoms with van der Waals surface area (Å²) in [6.45, 7) is 7.85. The summed E-state index contributed by atoms with van der Waals surface area (Å²) in [5, 5.41) is 3.23. The minimum Gasteiger partial charge on any atom is -0.370 e. The summed E-state index contributed by atoms with van der Waals surface area (Å²) >= 11 is 0. The predicted molar refractivity (Wildman–Crippen MR) is 72.1 cm³/mol. The topological polar surface area (TPSA) is 53.6 Å². The molecule has 1 atom stereocenters. The predicted octanol–water partition coefficient (Wildman–Crippen LogP) is 1.17. The molecule has 0 amide bonds. The first-order valence-corrected chi connectivity index (χ1v) is 6.95. The molecule has 0 radical (unpaired) electrons. The Hall–Kier alpha value is -0.770. The third-order valence-electron chi connectivity index (χ3n) is 3.90. The Kier molecular flexibility index (Phi) is 4.26. The average molecular weight is 238 g/mol. The highest BCUT2D eigenvalue weighted by Crippen LogP contribution is 2.19. The molecule has 2 aliphatic rings. The molecule has 0 bridgehead atoms. The van der Waals surface area contributed by atoms with E-state index >= 15 is 0 Å². The molecule has 0 aromatic carbocycles. The van der Waals surface area contributed by atoms with Crippen LogP contribution in [0.15, 0.2) is 4.99 Å². The van der Waals surface area contributed by atoms with Gasteiger partial charge in [0.05, 0.1) is 6.54 Å². The molecule has 0 aromatic rings. The quantitative estimate of drug-likeness (QED) is 0.571. The van der Waals surface area contributed by atoms with Gasteiger partial charge in [0.25, 0.3) is 0 Å². The van der Waals surface area contributed by atoms with Gasteiger partial charge in [-0.1, -0.05) is 6.92 Å². The smallest absolute Gasteiger partial charge is 0.188 e. The van der Waals surface area contributed by atoms with Crippen LogP contribution in [0.25, 0.3) is 0 Å². The van der Waals surface area contributed by atoms with E-state index in [1.807, 2.05) is 0 Å². The first-order chi connectivity index (χ1) is 8.15. The van der Waals surface area contributed by atoms with Gasteiger partial charge in [-0.3, -0.25) is 9.89 Å². The van der Waals surface area contributed by atoms with Crippen LogP contribution in [0.1, 0.15) is 39.5 Å². The average Bonchev–Trinajstić information content (AvgIpc) is 3.11. The molecule has 4 heteroatoms. The van der Waals surface area contributed by atoms with E-state index in [1.54, 1.807) is 0 Å². The van der Waals surface area contributed by atoms with E-state index in [4.69, 9.17) is 5.73 Å². The van der Waals surface area contributed by atoms with Gasteiger partial charge in [-0.2, -0.15) is 0 Å². The van der Waals surface area contributed by atoms with Gasteiger partial charge >= 0.3 is 0 Å². The van der Waals surface area contributed by atoms with Crippen LogP contribution in [-0.2, 0) is 0 Å². The highest BCUT2D eigenvalue weighted by atomic mass is 15.2. The number of nitrogens with two attached hydrogens (primary N) is 1. The molecule has 2 fully saturated rings. The van der Waals surface area contributed by atoms with E-state index < -0.39 is 0 Å². The number of rotatable bonds is 4. The molecular weight excluding hydrogens is 212 g/mol. The van der Waals surface area contributed by atoms with Gasteiger partial charge in [0, 0.05) is 12.1 Å². The van der Waals surface area contributed by atoms with Gasteiger partial charge in [0.2, 0.25) is 0 Å². The fourth-order valence-electron chi connectivity index (χ4n) is 2.30. The fraction of sp³-hybridized carbons (Fsp3) is 0.923. The molecule has 2 rings (SSSR count). The van der Waals surface area contributed by atoms with E-state index in [0.717, 1.165) is 12.5 Å². The number of aliphatic imine (C=N–C) groups is 1. The third-order valence-corrected chi connectivity index (χ3v) is 3.90. The van der Waals surface area contributed by atoms with E-state index in [-0.39, 0.29) is 0 Å². The summed E-state index contributed by atoms with van der Waals surface area (Å²) in [6.07, 6.45) is 5.14. The van der Waals surface area contributed by atoms with Gasteiger partial charge < -0.3 is 11.1 Å². The van der Waals surface area contributed by atoms with Gasteiger partial charge in [-0.25, -0.2) is 0 Å². The van der Waals surface area contributed by atoms with Gasteiger partial charge in [-0.15, -0.1) is 0 Å². The minimum atomic E-state index is 0.516. The lowest BCUT2D eigenvalue weighted by atomic mass is 9.98. The Labute approximate surface area is 105 Å². The number of guanidine groups is 1. The molecule has 17 heavy (non-hydrogen) atoms. The van der Waals surface area contributed by atoms with E-state index in [9.17, 15) is 0 Å². The lowest BCUT2D eigenvalue weighted by molar-refractivity contribution is 0.150. The standard InChI is InChI=1S/C13H26N4/c1-10-5-7-17(8-6-10)11(2)9-15-13(14)16-12-3-4-12/h10-12H,3-9H2,1-2H3,(H3,14,15,16). The van der Waals surface area contributed by atoms with Crippen molar-refractivity contribution in [3.8, 4) is 0 Å². The molecule has 1 saturated carbocycles. The van der Waals surface area contributed by atoms with Crippen LogP contribution in [0, 0.1) is 5.92 Å². The van der Waals surface area contributed by atoms with Crippen molar-refractivity contribution in [2.75, 3.05) is 19.6 Å². The maximum atomic E-state index is 5.83. The highest BCUT2D eigenvalue weighted by Gasteiger charge is 2.22. The summed E-state index contributed by atoms with van der Waals surface area (Å²) in [5.74, 6) is 1.52. The van der Waals surface area contributed by atoms with Crippen LogP contribution >= 0.6 is 0 Å². The first kappa shape index (κ1) is 12.7. The largest absolute Gasteiger partial charge is 0.370 e. The summed E-state index contributed by atoms with van der Waals surface area (Å²) in [4.78, 5) is 6.98. The Morgan fingerprint density at radius 2 is 2.00 bits per heavy atom.